The van der Waals surface area contributed by atoms with E-state index in [0.717, 1.165) is 21.5 Å². The topological polar surface area (TPSA) is 46.9 Å². The molecule has 0 aliphatic heterocycles. The van der Waals surface area contributed by atoms with Crippen LogP contribution in [0.25, 0.3) is 11.0 Å². The number of nitrogens with one attached hydrogen (secondary N) is 1. The Morgan fingerprint density at radius 1 is 1.04 bits per heavy atom. The normalized spacial score (nSPS) is 10.9. The number of anilines is 1. The molecule has 0 aliphatic rings. The van der Waals surface area contributed by atoms with E-state index < -0.39 is 0 Å². The minimum atomic E-state index is -0.122. The van der Waals surface area contributed by atoms with Gasteiger partial charge in [0.1, 0.15) is 0 Å². The molecule has 4 aromatic rings. The molecule has 0 radical (unpaired) electrons. The number of hydrogen-bond donors (Lipinski definition) is 1. The van der Waals surface area contributed by atoms with Crippen molar-refractivity contribution in [1.82, 2.24) is 9.55 Å². The van der Waals surface area contributed by atoms with Crippen LogP contribution in [0.15, 0.2) is 66.7 Å². The maximum absolute atomic E-state index is 12.6. The van der Waals surface area contributed by atoms with Crippen molar-refractivity contribution in [3.63, 3.8) is 0 Å². The molecule has 4 nitrogen and oxygen atoms in total. The number of benzene rings is 2. The number of nitrogens with zero attached hydrogens (tertiary/aromatic N) is 2. The van der Waals surface area contributed by atoms with Gasteiger partial charge in [-0.15, -0.1) is 11.3 Å². The fourth-order valence-electron chi connectivity index (χ4n) is 2.82. The van der Waals surface area contributed by atoms with Crippen LogP contribution in [0, 0.1) is 6.92 Å². The van der Waals surface area contributed by atoms with E-state index in [4.69, 9.17) is 0 Å². The van der Waals surface area contributed by atoms with Gasteiger partial charge in [0.05, 0.1) is 22.5 Å². The third-order valence-electron chi connectivity index (χ3n) is 4.03. The highest BCUT2D eigenvalue weighted by molar-refractivity contribution is 7.14. The van der Waals surface area contributed by atoms with E-state index in [-0.39, 0.29) is 5.91 Å². The Labute approximate surface area is 149 Å². The SMILES string of the molecule is Cc1ccc(C(=O)Nc2nc3ccccc3n2Cc2ccccc2)s1. The van der Waals surface area contributed by atoms with Crippen LogP contribution in [-0.2, 0) is 6.54 Å². The first-order valence-corrected chi connectivity index (χ1v) is 8.89. The lowest BCUT2D eigenvalue weighted by Gasteiger charge is -2.10. The molecule has 0 atom stereocenters. The molecule has 0 saturated carbocycles. The lowest BCUT2D eigenvalue weighted by Crippen LogP contribution is -2.15. The van der Waals surface area contributed by atoms with E-state index in [2.05, 4.69) is 22.4 Å². The first-order chi connectivity index (χ1) is 12.2. The van der Waals surface area contributed by atoms with Gasteiger partial charge in [-0.05, 0) is 36.8 Å². The zero-order valence-corrected chi connectivity index (χ0v) is 14.6. The summed E-state index contributed by atoms with van der Waals surface area (Å²) < 4.78 is 2.04. The molecular formula is C20H17N3OS. The van der Waals surface area contributed by atoms with Crippen molar-refractivity contribution < 1.29 is 4.79 Å². The zero-order valence-electron chi connectivity index (χ0n) is 13.8. The number of hydrogen-bond acceptors (Lipinski definition) is 3. The Kier molecular flexibility index (Phi) is 4.07. The number of carbonyl (C=O) groups is 1. The molecule has 0 aliphatic carbocycles. The fourth-order valence-corrected chi connectivity index (χ4v) is 3.58. The summed E-state index contributed by atoms with van der Waals surface area (Å²) in [5.41, 5.74) is 3.04. The number of carbonyl (C=O) groups excluding carboxylic acids is 1. The predicted molar refractivity (Wildman–Crippen MR) is 102 cm³/mol. The molecule has 0 saturated heterocycles. The molecule has 0 unspecified atom stereocenters. The summed E-state index contributed by atoms with van der Waals surface area (Å²) in [6.45, 7) is 2.65. The second kappa shape index (κ2) is 6.53. The van der Waals surface area contributed by atoms with Crippen LogP contribution in [0.5, 0.6) is 0 Å². The minimum absolute atomic E-state index is 0.122. The van der Waals surface area contributed by atoms with Crippen molar-refractivity contribution >= 4 is 34.2 Å². The fraction of sp³-hybridized carbons (Fsp3) is 0.100. The third-order valence-corrected chi connectivity index (χ3v) is 5.03. The van der Waals surface area contributed by atoms with Crippen molar-refractivity contribution in [2.24, 2.45) is 0 Å². The molecule has 2 aromatic carbocycles. The summed E-state index contributed by atoms with van der Waals surface area (Å²) in [7, 11) is 0. The van der Waals surface area contributed by atoms with Crippen LogP contribution in [0.2, 0.25) is 0 Å². The monoisotopic (exact) mass is 347 g/mol. The van der Waals surface area contributed by atoms with Crippen LogP contribution in [0.1, 0.15) is 20.1 Å². The van der Waals surface area contributed by atoms with Gasteiger partial charge in [0, 0.05) is 4.88 Å². The van der Waals surface area contributed by atoms with E-state index in [0.29, 0.717) is 17.4 Å². The molecule has 0 fully saturated rings. The van der Waals surface area contributed by atoms with E-state index in [9.17, 15) is 4.79 Å². The van der Waals surface area contributed by atoms with Gasteiger partial charge in [0.15, 0.2) is 0 Å². The van der Waals surface area contributed by atoms with E-state index in [1.807, 2.05) is 66.1 Å². The largest absolute Gasteiger partial charge is 0.305 e. The zero-order chi connectivity index (χ0) is 17.2. The smallest absolute Gasteiger partial charge is 0.268 e. The summed E-state index contributed by atoms with van der Waals surface area (Å²) in [6.07, 6.45) is 0. The Hall–Kier alpha value is -2.92. The van der Waals surface area contributed by atoms with Crippen molar-refractivity contribution in [2.75, 3.05) is 5.32 Å². The van der Waals surface area contributed by atoms with Gasteiger partial charge in [-0.3, -0.25) is 10.1 Å². The molecule has 2 aromatic heterocycles. The summed E-state index contributed by atoms with van der Waals surface area (Å²) in [4.78, 5) is 19.0. The molecule has 4 rings (SSSR count). The number of imidazole rings is 1. The second-order valence-corrected chi connectivity index (χ2v) is 7.15. The molecular weight excluding hydrogens is 330 g/mol. The number of amides is 1. The Bertz CT molecular complexity index is 1030. The Morgan fingerprint density at radius 2 is 1.80 bits per heavy atom. The summed E-state index contributed by atoms with van der Waals surface area (Å²) in [5, 5.41) is 2.97. The molecule has 2 heterocycles. The number of rotatable bonds is 4. The van der Waals surface area contributed by atoms with Crippen LogP contribution < -0.4 is 5.32 Å². The lowest BCUT2D eigenvalue weighted by molar-refractivity contribution is 0.102. The van der Waals surface area contributed by atoms with Crippen LogP contribution >= 0.6 is 11.3 Å². The van der Waals surface area contributed by atoms with Crippen molar-refractivity contribution in [1.29, 1.82) is 0 Å². The van der Waals surface area contributed by atoms with Gasteiger partial charge < -0.3 is 4.57 Å². The highest BCUT2D eigenvalue weighted by Gasteiger charge is 2.15. The summed E-state index contributed by atoms with van der Waals surface area (Å²) in [6, 6.07) is 21.9. The third kappa shape index (κ3) is 3.19. The average Bonchev–Trinajstić information content (AvgIpc) is 3.20. The average molecular weight is 347 g/mol. The molecule has 124 valence electrons. The molecule has 25 heavy (non-hydrogen) atoms. The van der Waals surface area contributed by atoms with Crippen molar-refractivity contribution in [3.05, 3.63) is 82.0 Å². The van der Waals surface area contributed by atoms with Crippen LogP contribution in [-0.4, -0.2) is 15.5 Å². The Balaban J connectivity index is 1.72. The number of fused-ring (bicyclic) bond motifs is 1. The van der Waals surface area contributed by atoms with E-state index in [1.54, 1.807) is 0 Å². The van der Waals surface area contributed by atoms with E-state index in [1.165, 1.54) is 11.3 Å². The Morgan fingerprint density at radius 3 is 2.56 bits per heavy atom. The number of thiophene rings is 1. The highest BCUT2D eigenvalue weighted by Crippen LogP contribution is 2.23. The van der Waals surface area contributed by atoms with Crippen molar-refractivity contribution in [3.8, 4) is 0 Å². The molecule has 5 heteroatoms. The van der Waals surface area contributed by atoms with Crippen molar-refractivity contribution in [2.45, 2.75) is 13.5 Å². The summed E-state index contributed by atoms with van der Waals surface area (Å²) >= 11 is 1.48. The summed E-state index contributed by atoms with van der Waals surface area (Å²) in [5.74, 6) is 0.448. The van der Waals surface area contributed by atoms with Gasteiger partial charge in [0.2, 0.25) is 5.95 Å². The number of para-hydroxylation sites is 2. The van der Waals surface area contributed by atoms with Gasteiger partial charge in [-0.25, -0.2) is 4.98 Å². The van der Waals surface area contributed by atoms with Crippen LogP contribution in [0.3, 0.4) is 0 Å². The first-order valence-electron chi connectivity index (χ1n) is 8.08. The van der Waals surface area contributed by atoms with Crippen LogP contribution in [0.4, 0.5) is 5.95 Å². The molecule has 1 amide bonds. The predicted octanol–water partition coefficient (Wildman–Crippen LogP) is 4.71. The maximum atomic E-state index is 12.6. The highest BCUT2D eigenvalue weighted by atomic mass is 32.1. The van der Waals surface area contributed by atoms with Gasteiger partial charge in [-0.1, -0.05) is 42.5 Å². The minimum Gasteiger partial charge on any atom is -0.305 e. The van der Waals surface area contributed by atoms with Gasteiger partial charge in [-0.2, -0.15) is 0 Å². The molecule has 0 spiro atoms. The second-order valence-electron chi connectivity index (χ2n) is 5.86. The maximum Gasteiger partial charge on any atom is 0.268 e. The molecule has 1 N–H and O–H groups in total. The van der Waals surface area contributed by atoms with E-state index >= 15 is 0 Å². The standard InChI is InChI=1S/C20H17N3OS/c1-14-11-12-18(25-14)19(24)22-20-21-16-9-5-6-10-17(16)23(20)13-15-7-3-2-4-8-15/h2-12H,13H2,1H3,(H,21,22,24). The van der Waals surface area contributed by atoms with Gasteiger partial charge >= 0.3 is 0 Å². The first kappa shape index (κ1) is 15.6. The van der Waals surface area contributed by atoms with Gasteiger partial charge in [0.25, 0.3) is 5.91 Å². The number of aryl methyl sites for hydroxylation is 1. The lowest BCUT2D eigenvalue weighted by atomic mass is 10.2. The number of aromatic nitrogens is 2. The molecule has 0 bridgehead atoms. The quantitative estimate of drug-likeness (QED) is 0.581.